The van der Waals surface area contributed by atoms with E-state index in [4.69, 9.17) is 0 Å². The highest BCUT2D eigenvalue weighted by Gasteiger charge is 2.05. The van der Waals surface area contributed by atoms with E-state index in [1.54, 1.807) is 24.4 Å². The molecule has 4 heteroatoms. The zero-order valence-corrected chi connectivity index (χ0v) is 9.48. The number of carbonyl (C=O) groups excluding carboxylic acids is 1. The van der Waals surface area contributed by atoms with Gasteiger partial charge in [0.25, 0.3) is 5.91 Å². The van der Waals surface area contributed by atoms with Crippen molar-refractivity contribution in [3.63, 3.8) is 0 Å². The molecule has 0 aliphatic heterocycles. The third-order valence-electron chi connectivity index (χ3n) is 2.46. The minimum atomic E-state index is -0.275. The van der Waals surface area contributed by atoms with E-state index < -0.39 is 0 Å². The third kappa shape index (κ3) is 2.93. The summed E-state index contributed by atoms with van der Waals surface area (Å²) in [6.07, 6.45) is 3.56. The number of carbonyl (C=O) groups is 1. The van der Waals surface area contributed by atoms with Crippen molar-refractivity contribution in [3.05, 3.63) is 59.7 Å². The number of aryl methyl sites for hydroxylation is 1. The average molecular weight is 232 g/mol. The van der Waals surface area contributed by atoms with Crippen LogP contribution >= 0.6 is 0 Å². The molecule has 0 radical (unpaired) electrons. The van der Waals surface area contributed by atoms with E-state index in [0.29, 0.717) is 12.1 Å². The molecule has 17 heavy (non-hydrogen) atoms. The molecule has 0 bridgehead atoms. The molecule has 1 amide bonds. The van der Waals surface area contributed by atoms with Crippen LogP contribution in [0.3, 0.4) is 0 Å². The molecule has 0 atom stereocenters. The highest BCUT2D eigenvalue weighted by Crippen LogP contribution is 2.04. The molecule has 2 aromatic rings. The van der Waals surface area contributed by atoms with Crippen LogP contribution in [0.25, 0.3) is 0 Å². The Bertz CT molecular complexity index is 516. The van der Waals surface area contributed by atoms with Crippen LogP contribution in [0.15, 0.2) is 42.7 Å². The summed E-state index contributed by atoms with van der Waals surface area (Å²) in [5.41, 5.74) is 1.49. The van der Waals surface area contributed by atoms with Crippen molar-refractivity contribution in [2.45, 2.75) is 6.54 Å². The quantitative estimate of drug-likeness (QED) is 0.863. The number of aromatic nitrogens is 1. The molecule has 1 N–H and O–H groups in total. The minimum Gasteiger partial charge on any atom is -0.356 e. The van der Waals surface area contributed by atoms with E-state index in [9.17, 15) is 9.18 Å². The standard InChI is InChI=1S/C13H13FN2O/c1-16-7-6-11(9-16)13(17)15-8-10-2-4-12(14)5-3-10/h2-7,9H,8H2,1H3,(H,15,17). The number of nitrogens with one attached hydrogen (secondary N) is 1. The Kier molecular flexibility index (Phi) is 3.23. The topological polar surface area (TPSA) is 34.0 Å². The van der Waals surface area contributed by atoms with Crippen LogP contribution in [0.4, 0.5) is 4.39 Å². The molecule has 1 aromatic heterocycles. The first-order valence-corrected chi connectivity index (χ1v) is 5.30. The highest BCUT2D eigenvalue weighted by molar-refractivity contribution is 5.93. The Morgan fingerprint density at radius 2 is 2.00 bits per heavy atom. The Labute approximate surface area is 98.9 Å². The summed E-state index contributed by atoms with van der Waals surface area (Å²) in [5, 5.41) is 2.77. The molecular formula is C13H13FN2O. The maximum atomic E-state index is 12.7. The number of nitrogens with zero attached hydrogens (tertiary/aromatic N) is 1. The van der Waals surface area contributed by atoms with Gasteiger partial charge in [-0.05, 0) is 23.8 Å². The van der Waals surface area contributed by atoms with E-state index in [0.717, 1.165) is 5.56 Å². The first kappa shape index (κ1) is 11.4. The van der Waals surface area contributed by atoms with Gasteiger partial charge in [-0.2, -0.15) is 0 Å². The lowest BCUT2D eigenvalue weighted by molar-refractivity contribution is 0.0951. The Hall–Kier alpha value is -2.10. The Balaban J connectivity index is 1.94. The Morgan fingerprint density at radius 3 is 2.59 bits per heavy atom. The maximum absolute atomic E-state index is 12.7. The molecule has 0 fully saturated rings. The summed E-state index contributed by atoms with van der Waals surface area (Å²) >= 11 is 0. The molecule has 0 saturated carbocycles. The average Bonchev–Trinajstić information content (AvgIpc) is 2.75. The summed E-state index contributed by atoms with van der Waals surface area (Å²) in [7, 11) is 1.86. The van der Waals surface area contributed by atoms with Gasteiger partial charge in [-0.25, -0.2) is 4.39 Å². The number of hydrogen-bond donors (Lipinski definition) is 1. The van der Waals surface area contributed by atoms with Gasteiger partial charge >= 0.3 is 0 Å². The summed E-state index contributed by atoms with van der Waals surface area (Å²) in [6, 6.07) is 7.81. The van der Waals surface area contributed by atoms with Crippen LogP contribution in [0.5, 0.6) is 0 Å². The first-order chi connectivity index (χ1) is 8.15. The van der Waals surface area contributed by atoms with Crippen molar-refractivity contribution in [1.82, 2.24) is 9.88 Å². The van der Waals surface area contributed by atoms with Crippen LogP contribution in [0.2, 0.25) is 0 Å². The molecule has 1 heterocycles. The van der Waals surface area contributed by atoms with Crippen molar-refractivity contribution in [2.75, 3.05) is 0 Å². The fourth-order valence-electron chi connectivity index (χ4n) is 1.52. The number of halogens is 1. The van der Waals surface area contributed by atoms with Gasteiger partial charge in [0.15, 0.2) is 0 Å². The number of rotatable bonds is 3. The van der Waals surface area contributed by atoms with Gasteiger partial charge in [-0.1, -0.05) is 12.1 Å². The van der Waals surface area contributed by atoms with Crippen molar-refractivity contribution < 1.29 is 9.18 Å². The largest absolute Gasteiger partial charge is 0.356 e. The van der Waals surface area contributed by atoms with Crippen LogP contribution in [0, 0.1) is 5.82 Å². The molecule has 0 unspecified atom stereocenters. The molecule has 2 rings (SSSR count). The van der Waals surface area contributed by atoms with E-state index >= 15 is 0 Å². The lowest BCUT2D eigenvalue weighted by Crippen LogP contribution is -2.22. The van der Waals surface area contributed by atoms with Crippen LogP contribution in [0.1, 0.15) is 15.9 Å². The molecule has 1 aromatic carbocycles. The van der Waals surface area contributed by atoms with Gasteiger partial charge in [0.2, 0.25) is 0 Å². The molecule has 0 aliphatic rings. The fourth-order valence-corrected chi connectivity index (χ4v) is 1.52. The van der Waals surface area contributed by atoms with E-state index in [-0.39, 0.29) is 11.7 Å². The zero-order chi connectivity index (χ0) is 12.3. The van der Waals surface area contributed by atoms with Gasteiger partial charge in [0.1, 0.15) is 5.82 Å². The van der Waals surface area contributed by atoms with Crippen molar-refractivity contribution in [1.29, 1.82) is 0 Å². The van der Waals surface area contributed by atoms with Crippen molar-refractivity contribution in [2.24, 2.45) is 7.05 Å². The SMILES string of the molecule is Cn1ccc(C(=O)NCc2ccc(F)cc2)c1. The van der Waals surface area contributed by atoms with Gasteiger partial charge in [0.05, 0.1) is 5.56 Å². The lowest BCUT2D eigenvalue weighted by Gasteiger charge is -2.03. The van der Waals surface area contributed by atoms with Gasteiger partial charge < -0.3 is 9.88 Å². The number of amides is 1. The third-order valence-corrected chi connectivity index (χ3v) is 2.46. The molecule has 88 valence electrons. The molecule has 0 saturated heterocycles. The highest BCUT2D eigenvalue weighted by atomic mass is 19.1. The monoisotopic (exact) mass is 232 g/mol. The Morgan fingerprint density at radius 1 is 1.29 bits per heavy atom. The fraction of sp³-hybridized carbons (Fsp3) is 0.154. The second kappa shape index (κ2) is 4.82. The first-order valence-electron chi connectivity index (χ1n) is 5.30. The summed E-state index contributed by atoms with van der Waals surface area (Å²) < 4.78 is 14.5. The van der Waals surface area contributed by atoms with E-state index in [1.165, 1.54) is 12.1 Å². The molecule has 0 aliphatic carbocycles. The van der Waals surface area contributed by atoms with Crippen LogP contribution < -0.4 is 5.32 Å². The second-order valence-electron chi connectivity index (χ2n) is 3.87. The second-order valence-corrected chi connectivity index (χ2v) is 3.87. The summed E-state index contributed by atoms with van der Waals surface area (Å²) in [5.74, 6) is -0.405. The predicted molar refractivity (Wildman–Crippen MR) is 63.0 cm³/mol. The number of hydrogen-bond acceptors (Lipinski definition) is 1. The summed E-state index contributed by atoms with van der Waals surface area (Å²) in [4.78, 5) is 11.7. The van der Waals surface area contributed by atoms with Crippen LogP contribution in [-0.4, -0.2) is 10.5 Å². The zero-order valence-electron chi connectivity index (χ0n) is 9.48. The van der Waals surface area contributed by atoms with Crippen molar-refractivity contribution >= 4 is 5.91 Å². The number of benzene rings is 1. The normalized spacial score (nSPS) is 10.2. The minimum absolute atomic E-state index is 0.130. The molecule has 0 spiro atoms. The maximum Gasteiger partial charge on any atom is 0.253 e. The molecular weight excluding hydrogens is 219 g/mol. The van der Waals surface area contributed by atoms with Gasteiger partial charge in [-0.3, -0.25) is 4.79 Å². The van der Waals surface area contributed by atoms with Crippen LogP contribution in [-0.2, 0) is 13.6 Å². The molecule has 3 nitrogen and oxygen atoms in total. The van der Waals surface area contributed by atoms with Crippen molar-refractivity contribution in [3.8, 4) is 0 Å². The smallest absolute Gasteiger partial charge is 0.253 e. The summed E-state index contributed by atoms with van der Waals surface area (Å²) in [6.45, 7) is 0.397. The predicted octanol–water partition coefficient (Wildman–Crippen LogP) is 2.09. The lowest BCUT2D eigenvalue weighted by atomic mass is 10.2. The van der Waals surface area contributed by atoms with Gasteiger partial charge in [-0.15, -0.1) is 0 Å². The van der Waals surface area contributed by atoms with Gasteiger partial charge in [0, 0.05) is 26.0 Å². The van der Waals surface area contributed by atoms with E-state index in [1.807, 2.05) is 17.8 Å². The van der Waals surface area contributed by atoms with E-state index in [2.05, 4.69) is 5.32 Å².